The van der Waals surface area contributed by atoms with Gasteiger partial charge in [-0.1, -0.05) is 121 Å². The highest BCUT2D eigenvalue weighted by molar-refractivity contribution is 6.24. The van der Waals surface area contributed by atoms with Gasteiger partial charge in [-0.25, -0.2) is 0 Å². The summed E-state index contributed by atoms with van der Waals surface area (Å²) in [6, 6.07) is 45.8. The molecule has 0 saturated carbocycles. The van der Waals surface area contributed by atoms with Crippen LogP contribution in [0.5, 0.6) is 0 Å². The van der Waals surface area contributed by atoms with E-state index in [9.17, 15) is 0 Å². The molecule has 7 aromatic carbocycles. The van der Waals surface area contributed by atoms with Gasteiger partial charge in [-0.15, -0.1) is 0 Å². The molecule has 0 N–H and O–H groups in total. The molecule has 0 amide bonds. The lowest BCUT2D eigenvalue weighted by Gasteiger charge is -2.19. The molecule has 216 valence electrons. The molecule has 0 heterocycles. The predicted molar refractivity (Wildman–Crippen MR) is 198 cm³/mol. The highest BCUT2D eigenvalue weighted by Gasteiger charge is 2.26. The zero-order chi connectivity index (χ0) is 30.2. The second kappa shape index (κ2) is 10.0. The van der Waals surface area contributed by atoms with E-state index >= 15 is 0 Å². The summed E-state index contributed by atoms with van der Waals surface area (Å²) in [6.07, 6.45) is 14.0. The minimum absolute atomic E-state index is 1.10. The normalized spacial score (nSPS) is 14.8. The minimum atomic E-state index is 1.10. The van der Waals surface area contributed by atoms with Gasteiger partial charge in [0.2, 0.25) is 0 Å². The van der Waals surface area contributed by atoms with Gasteiger partial charge in [-0.2, -0.15) is 0 Å². The molecule has 0 fully saturated rings. The molecule has 0 bridgehead atoms. The van der Waals surface area contributed by atoms with Gasteiger partial charge in [0.1, 0.15) is 0 Å². The third-order valence-electron chi connectivity index (χ3n) is 10.5. The van der Waals surface area contributed by atoms with Gasteiger partial charge < -0.3 is 0 Å². The second-order valence-corrected chi connectivity index (χ2v) is 13.0. The first kappa shape index (κ1) is 25.8. The van der Waals surface area contributed by atoms with Crippen LogP contribution < -0.4 is 0 Å². The first-order chi connectivity index (χ1) is 22.8. The van der Waals surface area contributed by atoms with E-state index in [4.69, 9.17) is 0 Å². The molecule has 0 aliphatic heterocycles. The van der Waals surface area contributed by atoms with Crippen LogP contribution in [0.1, 0.15) is 41.5 Å². The Balaban J connectivity index is 1.05. The average Bonchev–Trinajstić information content (AvgIpc) is 3.46. The molecular formula is C46H32. The zero-order valence-corrected chi connectivity index (χ0v) is 25.7. The number of hydrogen-bond acceptors (Lipinski definition) is 0. The highest BCUT2D eigenvalue weighted by Crippen LogP contribution is 2.49. The summed E-state index contributed by atoms with van der Waals surface area (Å²) < 4.78 is 0. The molecule has 0 nitrogen and oxygen atoms in total. The molecule has 7 aromatic rings. The van der Waals surface area contributed by atoms with Crippen molar-refractivity contribution in [3.8, 4) is 33.4 Å². The van der Waals surface area contributed by atoms with E-state index in [2.05, 4.69) is 146 Å². The van der Waals surface area contributed by atoms with Gasteiger partial charge in [-0.3, -0.25) is 0 Å². The van der Waals surface area contributed by atoms with Crippen LogP contribution in [0.3, 0.4) is 0 Å². The van der Waals surface area contributed by atoms with E-state index in [1.807, 2.05) is 0 Å². The number of fused-ring (bicyclic) bond motifs is 7. The van der Waals surface area contributed by atoms with Crippen LogP contribution in [0.2, 0.25) is 0 Å². The predicted octanol–water partition coefficient (Wildman–Crippen LogP) is 12.7. The third-order valence-corrected chi connectivity index (χ3v) is 10.5. The summed E-state index contributed by atoms with van der Waals surface area (Å²) in [7, 11) is 0. The molecule has 46 heavy (non-hydrogen) atoms. The number of hydrogen-bond donors (Lipinski definition) is 0. The van der Waals surface area contributed by atoms with Crippen LogP contribution in [0.4, 0.5) is 0 Å². The Morgan fingerprint density at radius 3 is 1.98 bits per heavy atom. The molecule has 0 unspecified atom stereocenters. The molecule has 10 rings (SSSR count). The maximum absolute atomic E-state index is 2.43. The van der Waals surface area contributed by atoms with Crippen molar-refractivity contribution >= 4 is 49.5 Å². The van der Waals surface area contributed by atoms with Crippen LogP contribution in [-0.4, -0.2) is 0 Å². The summed E-state index contributed by atoms with van der Waals surface area (Å²) in [5.74, 6) is 0. The third kappa shape index (κ3) is 3.87. The molecule has 3 aliphatic rings. The molecular weight excluding hydrogens is 553 g/mol. The van der Waals surface area contributed by atoms with Gasteiger partial charge in [-0.05, 0) is 149 Å². The molecule has 0 heteroatoms. The van der Waals surface area contributed by atoms with Crippen molar-refractivity contribution in [1.29, 1.82) is 0 Å². The lowest BCUT2D eigenvalue weighted by Crippen LogP contribution is -1.98. The van der Waals surface area contributed by atoms with Crippen molar-refractivity contribution in [3.05, 3.63) is 162 Å². The van der Waals surface area contributed by atoms with Crippen molar-refractivity contribution < 1.29 is 0 Å². The largest absolute Gasteiger partial charge is 0.0836 e. The lowest BCUT2D eigenvalue weighted by molar-refractivity contribution is 0.998. The minimum Gasteiger partial charge on any atom is -0.0836 e. The van der Waals surface area contributed by atoms with Crippen molar-refractivity contribution in [1.82, 2.24) is 0 Å². The zero-order valence-electron chi connectivity index (χ0n) is 25.7. The van der Waals surface area contributed by atoms with E-state index in [-0.39, 0.29) is 0 Å². The Bertz CT molecular complexity index is 2490. The summed E-state index contributed by atoms with van der Waals surface area (Å²) in [5, 5.41) is 8.02. The fourth-order valence-electron chi connectivity index (χ4n) is 8.32. The smallest absolute Gasteiger partial charge is 0.00204 e. The number of allylic oxidation sites excluding steroid dienone is 5. The van der Waals surface area contributed by atoms with Crippen molar-refractivity contribution in [2.75, 3.05) is 0 Å². The number of benzene rings is 7. The van der Waals surface area contributed by atoms with Gasteiger partial charge in [0.25, 0.3) is 0 Å². The fraction of sp³-hybridized carbons (Fsp3) is 0.0870. The van der Waals surface area contributed by atoms with Gasteiger partial charge in [0.05, 0.1) is 0 Å². The summed E-state index contributed by atoms with van der Waals surface area (Å²) in [4.78, 5) is 0. The summed E-state index contributed by atoms with van der Waals surface area (Å²) >= 11 is 0. The molecule has 0 saturated heterocycles. The van der Waals surface area contributed by atoms with Crippen molar-refractivity contribution in [2.24, 2.45) is 0 Å². The monoisotopic (exact) mass is 584 g/mol. The topological polar surface area (TPSA) is 0 Å². The molecule has 0 aromatic heterocycles. The van der Waals surface area contributed by atoms with Crippen LogP contribution in [0.25, 0.3) is 82.9 Å². The molecule has 0 atom stereocenters. The lowest BCUT2D eigenvalue weighted by atomic mass is 9.85. The first-order valence-corrected chi connectivity index (χ1v) is 16.6. The number of rotatable bonds is 3. The maximum Gasteiger partial charge on any atom is -0.00204 e. The van der Waals surface area contributed by atoms with Gasteiger partial charge >= 0.3 is 0 Å². The fourth-order valence-corrected chi connectivity index (χ4v) is 8.32. The Morgan fingerprint density at radius 2 is 1.09 bits per heavy atom. The number of aryl methyl sites for hydroxylation is 1. The maximum atomic E-state index is 2.43. The molecule has 0 radical (unpaired) electrons. The van der Waals surface area contributed by atoms with Gasteiger partial charge in [0, 0.05) is 0 Å². The first-order valence-electron chi connectivity index (χ1n) is 16.6. The highest BCUT2D eigenvalue weighted by atomic mass is 14.3. The Kier molecular flexibility index (Phi) is 5.63. The quantitative estimate of drug-likeness (QED) is 0.194. The Labute approximate surface area is 269 Å². The Hall–Kier alpha value is -5.46. The van der Waals surface area contributed by atoms with Crippen molar-refractivity contribution in [3.63, 3.8) is 0 Å². The van der Waals surface area contributed by atoms with E-state index in [0.717, 1.165) is 25.7 Å². The van der Waals surface area contributed by atoms with E-state index in [1.54, 1.807) is 0 Å². The van der Waals surface area contributed by atoms with Crippen LogP contribution in [0, 0.1) is 0 Å². The van der Waals surface area contributed by atoms with E-state index in [1.165, 1.54) is 99.1 Å². The van der Waals surface area contributed by atoms with Crippen LogP contribution in [0.15, 0.2) is 140 Å². The molecule has 3 aliphatic carbocycles. The van der Waals surface area contributed by atoms with Crippen LogP contribution in [-0.2, 0) is 6.42 Å². The second-order valence-electron chi connectivity index (χ2n) is 13.0. The summed E-state index contributed by atoms with van der Waals surface area (Å²) in [6.45, 7) is 0. The molecule has 0 spiro atoms. The van der Waals surface area contributed by atoms with Crippen molar-refractivity contribution in [2.45, 2.75) is 25.7 Å². The SMILES string of the molecule is C1=Cc2c(-c3ccc4cc(-c5cccc(-c6ccc7c8c(cccc68)C6=CCCC=C67)c5)ccc4c3)cc3ccccc3c2CC1. The van der Waals surface area contributed by atoms with E-state index in [0.29, 0.717) is 0 Å². The van der Waals surface area contributed by atoms with Crippen LogP contribution >= 0.6 is 0 Å². The van der Waals surface area contributed by atoms with E-state index < -0.39 is 0 Å². The summed E-state index contributed by atoms with van der Waals surface area (Å²) in [5.41, 5.74) is 16.2. The average molecular weight is 585 g/mol. The van der Waals surface area contributed by atoms with Gasteiger partial charge in [0.15, 0.2) is 0 Å². The Morgan fingerprint density at radius 1 is 0.413 bits per heavy atom. The standard InChI is InChI=1S/C46H32/c1-2-12-36-34(9-1)28-45(41-16-6-3-13-38(36)41)35-22-21-31-25-30(19-20-32(31)27-35)29-10-7-11-33(26-29)37-23-24-44-40-15-5-4-14-39(40)43-18-8-17-42(37)46(43)44/h1-2,6-12,14-28H,3-5,13H2.